The second kappa shape index (κ2) is 7.52. The largest absolute Gasteiger partial charge is 0.325 e. The Morgan fingerprint density at radius 2 is 2.08 bits per heavy atom. The second-order valence-electron chi connectivity index (χ2n) is 2.07. The van der Waals surface area contributed by atoms with Crippen LogP contribution >= 0.6 is 34.0 Å². The minimum atomic E-state index is -0.0484. The average molecular weight is 300 g/mol. The van der Waals surface area contributed by atoms with E-state index in [1.54, 1.807) is 6.07 Å². The van der Waals surface area contributed by atoms with Crippen LogP contribution in [0.25, 0.3) is 0 Å². The van der Waals surface area contributed by atoms with Crippen molar-refractivity contribution in [3.05, 3.63) is 34.2 Å². The van der Waals surface area contributed by atoms with Crippen molar-refractivity contribution < 1.29 is 0 Å². The quantitative estimate of drug-likeness (QED) is 0.863. The molecular formula is C7H12Br2N2O. The number of H-pyrrole nitrogens is 1. The number of rotatable bonds is 2. The number of pyridine rings is 1. The predicted molar refractivity (Wildman–Crippen MR) is 60.5 cm³/mol. The summed E-state index contributed by atoms with van der Waals surface area (Å²) in [5, 5.41) is 2.94. The Kier molecular flexibility index (Phi) is 9.02. The smallest absolute Gasteiger partial charge is 0.248 e. The maximum Gasteiger partial charge on any atom is 0.248 e. The van der Waals surface area contributed by atoms with E-state index in [1.807, 2.05) is 13.1 Å². The highest BCUT2D eigenvalue weighted by Gasteiger charge is 1.87. The molecular weight excluding hydrogens is 288 g/mol. The number of aromatic amines is 1. The van der Waals surface area contributed by atoms with Crippen LogP contribution in [0.15, 0.2) is 23.0 Å². The summed E-state index contributed by atoms with van der Waals surface area (Å²) in [4.78, 5) is 13.4. The Labute approximate surface area is 92.1 Å². The molecule has 0 unspecified atom stereocenters. The third-order valence-corrected chi connectivity index (χ3v) is 1.20. The lowest BCUT2D eigenvalue weighted by molar-refractivity contribution is 0.787. The Morgan fingerprint density at radius 1 is 1.42 bits per heavy atom. The van der Waals surface area contributed by atoms with E-state index in [9.17, 15) is 4.79 Å². The Morgan fingerprint density at radius 3 is 2.58 bits per heavy atom. The van der Waals surface area contributed by atoms with Crippen molar-refractivity contribution in [2.75, 3.05) is 7.05 Å². The zero-order valence-electron chi connectivity index (χ0n) is 6.66. The highest BCUT2D eigenvalue weighted by molar-refractivity contribution is 8.93. The standard InChI is InChI=1S/C7H10N2O.2BrH/c1-8-5-6-3-2-4-7(10)9-6;;/h2-4,8H,5H2,1H3,(H,9,10);2*1H. The monoisotopic (exact) mass is 298 g/mol. The van der Waals surface area contributed by atoms with Crippen LogP contribution in [0.2, 0.25) is 0 Å². The zero-order valence-corrected chi connectivity index (χ0v) is 10.1. The SMILES string of the molecule is Br.Br.CNCc1cccc(=O)[nH]1. The molecule has 0 aliphatic heterocycles. The molecule has 5 heteroatoms. The fourth-order valence-corrected chi connectivity index (χ4v) is 0.787. The number of aromatic nitrogens is 1. The third kappa shape index (κ3) is 4.69. The van der Waals surface area contributed by atoms with Crippen LogP contribution in [0, 0.1) is 0 Å². The van der Waals surface area contributed by atoms with E-state index in [0.717, 1.165) is 5.69 Å². The summed E-state index contributed by atoms with van der Waals surface area (Å²) in [6.07, 6.45) is 0. The average Bonchev–Trinajstić information content (AvgIpc) is 1.88. The van der Waals surface area contributed by atoms with Crippen LogP contribution < -0.4 is 10.9 Å². The van der Waals surface area contributed by atoms with Gasteiger partial charge in [-0.2, -0.15) is 0 Å². The van der Waals surface area contributed by atoms with E-state index in [-0.39, 0.29) is 39.5 Å². The molecule has 0 aliphatic carbocycles. The van der Waals surface area contributed by atoms with Gasteiger partial charge in [-0.25, -0.2) is 0 Å². The topological polar surface area (TPSA) is 44.9 Å². The Hall–Kier alpha value is -0.130. The molecule has 0 saturated carbocycles. The van der Waals surface area contributed by atoms with Crippen molar-refractivity contribution in [2.45, 2.75) is 6.54 Å². The van der Waals surface area contributed by atoms with Gasteiger partial charge in [0.1, 0.15) is 0 Å². The minimum absolute atomic E-state index is 0. The van der Waals surface area contributed by atoms with Gasteiger partial charge in [0, 0.05) is 18.3 Å². The van der Waals surface area contributed by atoms with Gasteiger partial charge < -0.3 is 10.3 Å². The lowest BCUT2D eigenvalue weighted by atomic mass is 10.3. The van der Waals surface area contributed by atoms with Crippen LogP contribution in [0.3, 0.4) is 0 Å². The molecule has 1 heterocycles. The lowest BCUT2D eigenvalue weighted by Crippen LogP contribution is -2.12. The maximum absolute atomic E-state index is 10.7. The lowest BCUT2D eigenvalue weighted by Gasteiger charge is -1.96. The van der Waals surface area contributed by atoms with Crippen LogP contribution in [0.4, 0.5) is 0 Å². The first kappa shape index (κ1) is 14.4. The van der Waals surface area contributed by atoms with Gasteiger partial charge in [-0.1, -0.05) is 6.07 Å². The molecule has 0 saturated heterocycles. The van der Waals surface area contributed by atoms with E-state index in [4.69, 9.17) is 0 Å². The molecule has 0 radical (unpaired) electrons. The first-order valence-corrected chi connectivity index (χ1v) is 3.16. The van der Waals surface area contributed by atoms with Gasteiger partial charge in [-0.05, 0) is 13.1 Å². The van der Waals surface area contributed by atoms with Gasteiger partial charge in [0.2, 0.25) is 5.56 Å². The molecule has 1 rings (SSSR count). The summed E-state index contributed by atoms with van der Waals surface area (Å²) in [7, 11) is 1.84. The van der Waals surface area contributed by atoms with E-state index in [2.05, 4.69) is 10.3 Å². The zero-order chi connectivity index (χ0) is 7.40. The highest BCUT2D eigenvalue weighted by Crippen LogP contribution is 1.86. The van der Waals surface area contributed by atoms with E-state index in [0.29, 0.717) is 6.54 Å². The summed E-state index contributed by atoms with van der Waals surface area (Å²) in [6, 6.07) is 5.11. The summed E-state index contributed by atoms with van der Waals surface area (Å²) in [6.45, 7) is 0.704. The maximum atomic E-state index is 10.7. The van der Waals surface area contributed by atoms with Crippen molar-refractivity contribution in [2.24, 2.45) is 0 Å². The number of halogens is 2. The summed E-state index contributed by atoms with van der Waals surface area (Å²) in [5.74, 6) is 0. The van der Waals surface area contributed by atoms with Gasteiger partial charge in [0.05, 0.1) is 0 Å². The molecule has 0 aromatic carbocycles. The van der Waals surface area contributed by atoms with Gasteiger partial charge in [0.15, 0.2) is 0 Å². The first-order valence-electron chi connectivity index (χ1n) is 3.16. The minimum Gasteiger partial charge on any atom is -0.325 e. The Bertz CT molecular complexity index is 262. The molecule has 1 aromatic rings. The number of hydrogen-bond donors (Lipinski definition) is 2. The summed E-state index contributed by atoms with van der Waals surface area (Å²) < 4.78 is 0. The van der Waals surface area contributed by atoms with Gasteiger partial charge >= 0.3 is 0 Å². The highest BCUT2D eigenvalue weighted by atomic mass is 79.9. The molecule has 3 nitrogen and oxygen atoms in total. The van der Waals surface area contributed by atoms with Gasteiger partial charge in [-0.15, -0.1) is 34.0 Å². The molecule has 0 aliphatic rings. The molecule has 0 amide bonds. The van der Waals surface area contributed by atoms with Crippen LogP contribution in [0.1, 0.15) is 5.69 Å². The molecule has 2 N–H and O–H groups in total. The van der Waals surface area contributed by atoms with Gasteiger partial charge in [-0.3, -0.25) is 4.79 Å². The van der Waals surface area contributed by atoms with Crippen LogP contribution in [-0.2, 0) is 6.54 Å². The molecule has 0 spiro atoms. The molecule has 70 valence electrons. The molecule has 0 bridgehead atoms. The van der Waals surface area contributed by atoms with Crippen molar-refractivity contribution in [1.82, 2.24) is 10.3 Å². The van der Waals surface area contributed by atoms with E-state index >= 15 is 0 Å². The second-order valence-corrected chi connectivity index (χ2v) is 2.07. The van der Waals surface area contributed by atoms with Crippen molar-refractivity contribution in [3.8, 4) is 0 Å². The molecule has 12 heavy (non-hydrogen) atoms. The first-order chi connectivity index (χ1) is 4.83. The van der Waals surface area contributed by atoms with E-state index < -0.39 is 0 Å². The van der Waals surface area contributed by atoms with Crippen molar-refractivity contribution in [1.29, 1.82) is 0 Å². The number of nitrogens with one attached hydrogen (secondary N) is 2. The fraction of sp³-hybridized carbons (Fsp3) is 0.286. The van der Waals surface area contributed by atoms with E-state index in [1.165, 1.54) is 6.07 Å². The molecule has 0 atom stereocenters. The summed E-state index contributed by atoms with van der Waals surface area (Å²) in [5.41, 5.74) is 0.864. The van der Waals surface area contributed by atoms with Gasteiger partial charge in [0.25, 0.3) is 0 Å². The summed E-state index contributed by atoms with van der Waals surface area (Å²) >= 11 is 0. The number of hydrogen-bond acceptors (Lipinski definition) is 2. The normalized spacial score (nSPS) is 8.08. The molecule has 1 aromatic heterocycles. The molecule has 0 fully saturated rings. The fourth-order valence-electron chi connectivity index (χ4n) is 0.787. The van der Waals surface area contributed by atoms with Crippen molar-refractivity contribution in [3.63, 3.8) is 0 Å². The van der Waals surface area contributed by atoms with Crippen LogP contribution in [-0.4, -0.2) is 12.0 Å². The van der Waals surface area contributed by atoms with Crippen LogP contribution in [0.5, 0.6) is 0 Å². The van der Waals surface area contributed by atoms with Crippen molar-refractivity contribution >= 4 is 34.0 Å². The third-order valence-electron chi connectivity index (χ3n) is 1.20. The predicted octanol–water partition coefficient (Wildman–Crippen LogP) is 1.25. The Balaban J connectivity index is 0.